The van der Waals surface area contributed by atoms with Crippen molar-refractivity contribution in [2.45, 2.75) is 29.4 Å². The van der Waals surface area contributed by atoms with E-state index in [-0.39, 0.29) is 11.1 Å². The maximum Gasteiger partial charge on any atom is 0.124 e. The van der Waals surface area contributed by atoms with E-state index in [1.54, 1.807) is 12.1 Å². The summed E-state index contributed by atoms with van der Waals surface area (Å²) in [5.74, 6) is -0.00255. The molecule has 4 heteroatoms. The number of hydrogen-bond acceptors (Lipinski definition) is 2. The van der Waals surface area contributed by atoms with E-state index in [1.165, 1.54) is 12.1 Å². The van der Waals surface area contributed by atoms with Gasteiger partial charge in [0.25, 0.3) is 0 Å². The molecule has 0 radical (unpaired) electrons. The number of rotatable bonds is 3. The van der Waals surface area contributed by atoms with Crippen LogP contribution in [0.3, 0.4) is 0 Å². The predicted molar refractivity (Wildman–Crippen MR) is 63.0 cm³/mol. The van der Waals surface area contributed by atoms with Crippen LogP contribution in [0.25, 0.3) is 0 Å². The van der Waals surface area contributed by atoms with Crippen LogP contribution in [0.15, 0.2) is 29.2 Å². The molecule has 0 aromatic heterocycles. The molecule has 2 rings (SSSR count). The number of hydrogen-bond donors (Lipinski definition) is 1. The zero-order valence-corrected chi connectivity index (χ0v) is 9.88. The first-order valence-corrected chi connectivity index (χ1v) is 6.80. The molecule has 2 nitrogen and oxygen atoms in total. The molecule has 1 saturated carbocycles. The van der Waals surface area contributed by atoms with Gasteiger partial charge in [0.05, 0.1) is 10.8 Å². The van der Waals surface area contributed by atoms with Crippen LogP contribution < -0.4 is 5.73 Å². The van der Waals surface area contributed by atoms with Crippen molar-refractivity contribution < 1.29 is 8.60 Å². The predicted octanol–water partition coefficient (Wildman–Crippen LogP) is 2.06. The van der Waals surface area contributed by atoms with E-state index in [4.69, 9.17) is 5.73 Å². The van der Waals surface area contributed by atoms with Gasteiger partial charge in [-0.25, -0.2) is 4.39 Å². The van der Waals surface area contributed by atoms with Gasteiger partial charge in [0.15, 0.2) is 0 Å². The Morgan fingerprint density at radius 2 is 2.25 bits per heavy atom. The summed E-state index contributed by atoms with van der Waals surface area (Å²) < 4.78 is 25.3. The largest absolute Gasteiger partial charge is 0.330 e. The van der Waals surface area contributed by atoms with Crippen LogP contribution in [0.4, 0.5) is 4.39 Å². The number of nitrogens with two attached hydrogens (primary N) is 1. The molecular weight excluding hydrogens is 225 g/mol. The molecule has 88 valence electrons. The van der Waals surface area contributed by atoms with Crippen LogP contribution in [0.1, 0.15) is 19.3 Å². The Labute approximate surface area is 97.5 Å². The van der Waals surface area contributed by atoms with Crippen LogP contribution in [-0.2, 0) is 10.8 Å². The lowest BCUT2D eigenvalue weighted by molar-refractivity contribution is 0.557. The zero-order chi connectivity index (χ0) is 11.5. The SMILES string of the molecule is NCC1CCCC1S(=O)c1cccc(F)c1. The monoisotopic (exact) mass is 241 g/mol. The summed E-state index contributed by atoms with van der Waals surface area (Å²) in [5, 5.41) is 0.104. The Hall–Kier alpha value is -0.740. The Morgan fingerprint density at radius 3 is 2.94 bits per heavy atom. The molecule has 0 heterocycles. The van der Waals surface area contributed by atoms with E-state index >= 15 is 0 Å². The molecule has 0 bridgehead atoms. The molecule has 0 spiro atoms. The van der Waals surface area contributed by atoms with Crippen LogP contribution in [-0.4, -0.2) is 16.0 Å². The second-order valence-corrected chi connectivity index (χ2v) is 5.89. The maximum absolute atomic E-state index is 13.0. The van der Waals surface area contributed by atoms with Crippen molar-refractivity contribution >= 4 is 10.8 Å². The third-order valence-corrected chi connectivity index (χ3v) is 5.08. The quantitative estimate of drug-likeness (QED) is 0.880. The summed E-state index contributed by atoms with van der Waals surface area (Å²) in [4.78, 5) is 0.588. The van der Waals surface area contributed by atoms with Gasteiger partial charge in [-0.2, -0.15) is 0 Å². The van der Waals surface area contributed by atoms with Crippen molar-refractivity contribution in [3.8, 4) is 0 Å². The molecule has 0 aliphatic heterocycles. The molecule has 1 aromatic rings. The summed E-state index contributed by atoms with van der Waals surface area (Å²) in [7, 11) is -1.12. The second kappa shape index (κ2) is 5.06. The average molecular weight is 241 g/mol. The Morgan fingerprint density at radius 1 is 1.44 bits per heavy atom. The highest BCUT2D eigenvalue weighted by Gasteiger charge is 2.31. The van der Waals surface area contributed by atoms with Gasteiger partial charge in [0.1, 0.15) is 5.82 Å². The Balaban J connectivity index is 2.18. The number of benzene rings is 1. The molecule has 1 aliphatic rings. The summed E-state index contributed by atoms with van der Waals surface area (Å²) in [5.41, 5.74) is 5.66. The van der Waals surface area contributed by atoms with Gasteiger partial charge in [0, 0.05) is 10.1 Å². The second-order valence-electron chi connectivity index (χ2n) is 4.22. The molecule has 3 atom stereocenters. The van der Waals surface area contributed by atoms with Crippen LogP contribution in [0, 0.1) is 11.7 Å². The highest BCUT2D eigenvalue weighted by molar-refractivity contribution is 7.85. The van der Waals surface area contributed by atoms with Gasteiger partial charge >= 0.3 is 0 Å². The standard InChI is InChI=1S/C12H16FNOS/c13-10-4-2-5-11(7-10)16(15)12-6-1-3-9(12)8-14/h2,4-5,7,9,12H,1,3,6,8,14H2. The third-order valence-electron chi connectivity index (χ3n) is 3.20. The van der Waals surface area contributed by atoms with E-state index < -0.39 is 10.8 Å². The molecule has 3 unspecified atom stereocenters. The molecule has 16 heavy (non-hydrogen) atoms. The molecule has 0 amide bonds. The summed E-state index contributed by atoms with van der Waals surface area (Å²) in [6, 6.07) is 6.07. The van der Waals surface area contributed by atoms with E-state index in [2.05, 4.69) is 0 Å². The topological polar surface area (TPSA) is 43.1 Å². The molecule has 0 saturated heterocycles. The van der Waals surface area contributed by atoms with Gasteiger partial charge < -0.3 is 5.73 Å². The Kier molecular flexibility index (Phi) is 3.71. The van der Waals surface area contributed by atoms with Crippen LogP contribution >= 0.6 is 0 Å². The number of halogens is 1. The Bertz CT molecular complexity index is 396. The lowest BCUT2D eigenvalue weighted by atomic mass is 10.1. The van der Waals surface area contributed by atoms with E-state index in [9.17, 15) is 8.60 Å². The lowest BCUT2D eigenvalue weighted by Crippen LogP contribution is -2.26. The minimum Gasteiger partial charge on any atom is -0.330 e. The van der Waals surface area contributed by atoms with Crippen molar-refractivity contribution in [3.63, 3.8) is 0 Å². The highest BCUT2D eigenvalue weighted by atomic mass is 32.2. The van der Waals surface area contributed by atoms with E-state index in [1.807, 2.05) is 0 Å². The smallest absolute Gasteiger partial charge is 0.124 e. The molecule has 1 aliphatic carbocycles. The first-order valence-electron chi connectivity index (χ1n) is 5.58. The first-order chi connectivity index (χ1) is 7.72. The van der Waals surface area contributed by atoms with Crippen molar-refractivity contribution in [2.24, 2.45) is 11.7 Å². The van der Waals surface area contributed by atoms with E-state index in [0.29, 0.717) is 17.4 Å². The lowest BCUT2D eigenvalue weighted by Gasteiger charge is -2.17. The highest BCUT2D eigenvalue weighted by Crippen LogP contribution is 2.31. The van der Waals surface area contributed by atoms with Gasteiger partial charge in [-0.3, -0.25) is 4.21 Å². The van der Waals surface area contributed by atoms with Gasteiger partial charge in [-0.15, -0.1) is 0 Å². The van der Waals surface area contributed by atoms with Crippen LogP contribution in [0.2, 0.25) is 0 Å². The average Bonchev–Trinajstić information content (AvgIpc) is 2.76. The molecular formula is C12H16FNOS. The summed E-state index contributed by atoms with van der Waals surface area (Å²) in [6.07, 6.45) is 3.06. The molecule has 1 aromatic carbocycles. The van der Waals surface area contributed by atoms with Crippen molar-refractivity contribution in [1.29, 1.82) is 0 Å². The minimum absolute atomic E-state index is 0.104. The maximum atomic E-state index is 13.0. The molecule has 1 fully saturated rings. The first kappa shape index (κ1) is 11.7. The van der Waals surface area contributed by atoms with Crippen molar-refractivity contribution in [3.05, 3.63) is 30.1 Å². The normalized spacial score (nSPS) is 26.9. The molecule has 2 N–H and O–H groups in total. The summed E-state index contributed by atoms with van der Waals surface area (Å²) >= 11 is 0. The van der Waals surface area contributed by atoms with Crippen molar-refractivity contribution in [2.75, 3.05) is 6.54 Å². The minimum atomic E-state index is -1.12. The fraction of sp³-hybridized carbons (Fsp3) is 0.500. The zero-order valence-electron chi connectivity index (χ0n) is 9.06. The van der Waals surface area contributed by atoms with Gasteiger partial charge in [0.2, 0.25) is 0 Å². The third kappa shape index (κ3) is 2.33. The summed E-state index contributed by atoms with van der Waals surface area (Å²) in [6.45, 7) is 0.575. The van der Waals surface area contributed by atoms with E-state index in [0.717, 1.165) is 19.3 Å². The van der Waals surface area contributed by atoms with Crippen molar-refractivity contribution in [1.82, 2.24) is 0 Å². The van der Waals surface area contributed by atoms with Gasteiger partial charge in [-0.1, -0.05) is 12.5 Å². The van der Waals surface area contributed by atoms with Gasteiger partial charge in [-0.05, 0) is 43.5 Å². The fourth-order valence-corrected chi connectivity index (χ4v) is 4.09. The van der Waals surface area contributed by atoms with Crippen LogP contribution in [0.5, 0.6) is 0 Å². The fourth-order valence-electron chi connectivity index (χ4n) is 2.32.